The van der Waals surface area contributed by atoms with Crippen LogP contribution in [0.5, 0.6) is 0 Å². The molecule has 1 N–H and O–H groups in total. The first-order valence-corrected chi connectivity index (χ1v) is 6.79. The SMILES string of the molecule is O=C(OCc1ccccc1)N1CC(O)C[C@H]1c1ncco1. The molecule has 1 fully saturated rings. The lowest BCUT2D eigenvalue weighted by Crippen LogP contribution is -2.32. The molecule has 1 amide bonds. The van der Waals surface area contributed by atoms with Gasteiger partial charge in [-0.1, -0.05) is 30.3 Å². The number of benzene rings is 1. The highest BCUT2D eigenvalue weighted by molar-refractivity contribution is 5.68. The first-order chi connectivity index (χ1) is 10.2. The predicted molar refractivity (Wildman–Crippen MR) is 73.2 cm³/mol. The number of ether oxygens (including phenoxy) is 1. The molecule has 6 heteroatoms. The second kappa shape index (κ2) is 5.97. The van der Waals surface area contributed by atoms with E-state index < -0.39 is 12.2 Å². The largest absolute Gasteiger partial charge is 0.447 e. The molecule has 3 rings (SSSR count). The van der Waals surface area contributed by atoms with E-state index in [-0.39, 0.29) is 19.2 Å². The maximum atomic E-state index is 12.2. The van der Waals surface area contributed by atoms with Gasteiger partial charge in [-0.2, -0.15) is 0 Å². The van der Waals surface area contributed by atoms with E-state index in [0.717, 1.165) is 5.56 Å². The zero-order valence-corrected chi connectivity index (χ0v) is 11.4. The molecular weight excluding hydrogens is 272 g/mol. The van der Waals surface area contributed by atoms with Gasteiger partial charge in [0.25, 0.3) is 0 Å². The van der Waals surface area contributed by atoms with E-state index in [1.54, 1.807) is 0 Å². The van der Waals surface area contributed by atoms with Crippen LogP contribution in [0.15, 0.2) is 47.2 Å². The number of hydrogen-bond donors (Lipinski definition) is 1. The standard InChI is InChI=1S/C15H16N2O4/c18-12-8-13(14-16-6-7-20-14)17(9-12)15(19)21-10-11-4-2-1-3-5-11/h1-7,12-13,18H,8-10H2/t12?,13-/m0/s1. The third-order valence-electron chi connectivity index (χ3n) is 3.46. The lowest BCUT2D eigenvalue weighted by atomic mass is 10.2. The number of β-amino-alcohol motifs (C(OH)–C–C–N with tert-alkyl or cyclic N) is 1. The summed E-state index contributed by atoms with van der Waals surface area (Å²) in [7, 11) is 0. The first-order valence-electron chi connectivity index (χ1n) is 6.79. The van der Waals surface area contributed by atoms with Crippen molar-refractivity contribution in [2.45, 2.75) is 25.2 Å². The minimum atomic E-state index is -0.592. The van der Waals surface area contributed by atoms with Crippen molar-refractivity contribution in [3.05, 3.63) is 54.2 Å². The summed E-state index contributed by atoms with van der Waals surface area (Å²) >= 11 is 0. The molecule has 2 heterocycles. The van der Waals surface area contributed by atoms with Gasteiger partial charge in [-0.25, -0.2) is 9.78 Å². The molecule has 0 radical (unpaired) electrons. The summed E-state index contributed by atoms with van der Waals surface area (Å²) in [6, 6.07) is 9.07. The zero-order valence-electron chi connectivity index (χ0n) is 11.4. The molecule has 0 bridgehead atoms. The molecule has 2 atom stereocenters. The highest BCUT2D eigenvalue weighted by atomic mass is 16.6. The van der Waals surface area contributed by atoms with E-state index in [4.69, 9.17) is 9.15 Å². The van der Waals surface area contributed by atoms with Gasteiger partial charge in [0.2, 0.25) is 5.89 Å². The highest BCUT2D eigenvalue weighted by Gasteiger charge is 2.38. The number of aliphatic hydroxyl groups is 1. The Kier molecular flexibility index (Phi) is 3.87. The minimum absolute atomic E-state index is 0.199. The Labute approximate surface area is 122 Å². The third kappa shape index (κ3) is 3.05. The van der Waals surface area contributed by atoms with Crippen LogP contribution in [0.3, 0.4) is 0 Å². The maximum absolute atomic E-state index is 12.2. The van der Waals surface area contributed by atoms with E-state index in [2.05, 4.69) is 4.98 Å². The van der Waals surface area contributed by atoms with Crippen molar-refractivity contribution in [1.82, 2.24) is 9.88 Å². The molecule has 1 aromatic heterocycles. The fourth-order valence-electron chi connectivity index (χ4n) is 2.45. The average Bonchev–Trinajstić information content (AvgIpc) is 3.14. The lowest BCUT2D eigenvalue weighted by Gasteiger charge is -2.21. The molecule has 21 heavy (non-hydrogen) atoms. The molecule has 1 unspecified atom stereocenters. The number of carbonyl (C=O) groups excluding carboxylic acids is 1. The van der Waals surface area contributed by atoms with Crippen molar-refractivity contribution >= 4 is 6.09 Å². The van der Waals surface area contributed by atoms with Gasteiger partial charge in [-0.05, 0) is 5.56 Å². The molecule has 1 aromatic carbocycles. The van der Waals surface area contributed by atoms with Crippen molar-refractivity contribution in [1.29, 1.82) is 0 Å². The molecule has 2 aromatic rings. The van der Waals surface area contributed by atoms with Gasteiger partial charge in [0, 0.05) is 6.42 Å². The Bertz CT molecular complexity index is 585. The number of hydrogen-bond acceptors (Lipinski definition) is 5. The molecule has 0 spiro atoms. The Morgan fingerprint density at radius 2 is 2.24 bits per heavy atom. The molecule has 1 aliphatic rings. The number of amides is 1. The number of likely N-dealkylation sites (tertiary alicyclic amines) is 1. The van der Waals surface area contributed by atoms with Crippen LogP contribution in [0.1, 0.15) is 23.9 Å². The Hall–Kier alpha value is -2.34. The van der Waals surface area contributed by atoms with Crippen LogP contribution in [0.2, 0.25) is 0 Å². The van der Waals surface area contributed by atoms with Gasteiger partial charge < -0.3 is 14.3 Å². The number of aromatic nitrogens is 1. The molecule has 1 aliphatic heterocycles. The van der Waals surface area contributed by atoms with Gasteiger partial charge in [-0.3, -0.25) is 4.90 Å². The Morgan fingerprint density at radius 3 is 2.95 bits per heavy atom. The van der Waals surface area contributed by atoms with Crippen molar-refractivity contribution in [2.75, 3.05) is 6.54 Å². The number of oxazole rings is 1. The summed E-state index contributed by atoms with van der Waals surface area (Å²) < 4.78 is 10.5. The van der Waals surface area contributed by atoms with Crippen LogP contribution in [-0.2, 0) is 11.3 Å². The van der Waals surface area contributed by atoms with Gasteiger partial charge in [0.1, 0.15) is 18.9 Å². The van der Waals surface area contributed by atoms with Gasteiger partial charge >= 0.3 is 6.09 Å². The highest BCUT2D eigenvalue weighted by Crippen LogP contribution is 2.31. The summed E-state index contributed by atoms with van der Waals surface area (Å²) in [4.78, 5) is 17.7. The van der Waals surface area contributed by atoms with E-state index in [1.165, 1.54) is 17.4 Å². The number of rotatable bonds is 3. The van der Waals surface area contributed by atoms with Crippen LogP contribution < -0.4 is 0 Å². The summed E-state index contributed by atoms with van der Waals surface area (Å²) in [6.45, 7) is 0.422. The normalized spacial score (nSPS) is 21.5. The lowest BCUT2D eigenvalue weighted by molar-refractivity contribution is 0.0841. The molecule has 1 saturated heterocycles. The predicted octanol–water partition coefficient (Wildman–Crippen LogP) is 2.12. The van der Waals surface area contributed by atoms with E-state index >= 15 is 0 Å². The topological polar surface area (TPSA) is 75.8 Å². The van der Waals surface area contributed by atoms with E-state index in [9.17, 15) is 9.90 Å². The summed E-state index contributed by atoms with van der Waals surface area (Å²) in [5, 5.41) is 9.78. The average molecular weight is 288 g/mol. The van der Waals surface area contributed by atoms with Gasteiger partial charge in [-0.15, -0.1) is 0 Å². The van der Waals surface area contributed by atoms with E-state index in [0.29, 0.717) is 12.3 Å². The number of nitrogens with zero attached hydrogens (tertiary/aromatic N) is 2. The smallest absolute Gasteiger partial charge is 0.410 e. The number of aliphatic hydroxyl groups excluding tert-OH is 1. The van der Waals surface area contributed by atoms with E-state index in [1.807, 2.05) is 30.3 Å². The van der Waals surface area contributed by atoms with Crippen molar-refractivity contribution < 1.29 is 19.1 Å². The molecule has 0 saturated carbocycles. The summed E-state index contributed by atoms with van der Waals surface area (Å²) in [5.74, 6) is 0.420. The fourth-order valence-corrected chi connectivity index (χ4v) is 2.45. The van der Waals surface area contributed by atoms with Crippen LogP contribution in [0, 0.1) is 0 Å². The van der Waals surface area contributed by atoms with Gasteiger partial charge in [0.15, 0.2) is 0 Å². The quantitative estimate of drug-likeness (QED) is 0.936. The molecular formula is C15H16N2O4. The fraction of sp³-hybridized carbons (Fsp3) is 0.333. The minimum Gasteiger partial charge on any atom is -0.447 e. The van der Waals surface area contributed by atoms with Crippen molar-refractivity contribution in [2.24, 2.45) is 0 Å². The zero-order chi connectivity index (χ0) is 14.7. The van der Waals surface area contributed by atoms with Crippen LogP contribution in [-0.4, -0.2) is 33.7 Å². The summed E-state index contributed by atoms with van der Waals surface area (Å²) in [6.07, 6.45) is 2.31. The monoisotopic (exact) mass is 288 g/mol. The Morgan fingerprint density at radius 1 is 1.43 bits per heavy atom. The Balaban J connectivity index is 1.65. The van der Waals surface area contributed by atoms with Crippen LogP contribution >= 0.6 is 0 Å². The third-order valence-corrected chi connectivity index (χ3v) is 3.46. The van der Waals surface area contributed by atoms with Crippen LogP contribution in [0.4, 0.5) is 4.79 Å². The van der Waals surface area contributed by atoms with Crippen LogP contribution in [0.25, 0.3) is 0 Å². The molecule has 6 nitrogen and oxygen atoms in total. The van der Waals surface area contributed by atoms with Gasteiger partial charge in [0.05, 0.1) is 18.8 Å². The summed E-state index contributed by atoms with van der Waals surface area (Å²) in [5.41, 5.74) is 0.915. The second-order valence-corrected chi connectivity index (χ2v) is 4.97. The van der Waals surface area contributed by atoms with Crippen molar-refractivity contribution in [3.8, 4) is 0 Å². The second-order valence-electron chi connectivity index (χ2n) is 4.97. The number of carbonyl (C=O) groups is 1. The first kappa shape index (κ1) is 13.6. The molecule has 110 valence electrons. The molecule has 0 aliphatic carbocycles. The van der Waals surface area contributed by atoms with Crippen molar-refractivity contribution in [3.63, 3.8) is 0 Å². The maximum Gasteiger partial charge on any atom is 0.410 e.